The van der Waals surface area contributed by atoms with Crippen LogP contribution in [0, 0.1) is 12.9 Å². The molecule has 1 aromatic rings. The van der Waals surface area contributed by atoms with Gasteiger partial charge in [0.15, 0.2) is 0 Å². The van der Waals surface area contributed by atoms with E-state index in [1.54, 1.807) is 19.1 Å². The molecule has 0 aromatic carbocycles. The number of rotatable bonds is 2. The van der Waals surface area contributed by atoms with Gasteiger partial charge in [-0.2, -0.15) is 4.39 Å². The molecule has 1 N–H and O–H groups in total. The fourth-order valence-corrected chi connectivity index (χ4v) is 0.944. The molecule has 1 heterocycles. The van der Waals surface area contributed by atoms with E-state index in [0.717, 1.165) is 0 Å². The Bertz CT molecular complexity index is 271. The number of hydrogen-bond acceptors (Lipinski definition) is 2. The smallest absolute Gasteiger partial charge is 0.236 e. The minimum absolute atomic E-state index is 0.226. The lowest BCUT2D eigenvalue weighted by Gasteiger charge is -2.09. The van der Waals surface area contributed by atoms with Gasteiger partial charge in [0.05, 0.1) is 5.69 Å². The molecule has 0 aliphatic carbocycles. The standard InChI is InChI=1S/C9H13FN2/c1-6(2)11-8-5-4-7(3)12-9(8)10/h4-6,11H,1-3H3. The monoisotopic (exact) mass is 168 g/mol. The summed E-state index contributed by atoms with van der Waals surface area (Å²) in [5, 5.41) is 2.96. The summed E-state index contributed by atoms with van der Waals surface area (Å²) in [4.78, 5) is 3.70. The molecule has 0 atom stereocenters. The van der Waals surface area contributed by atoms with Crippen molar-refractivity contribution in [2.45, 2.75) is 26.8 Å². The van der Waals surface area contributed by atoms with Crippen molar-refractivity contribution >= 4 is 5.69 Å². The van der Waals surface area contributed by atoms with Crippen LogP contribution in [0.2, 0.25) is 0 Å². The van der Waals surface area contributed by atoms with Gasteiger partial charge < -0.3 is 5.32 Å². The third-order valence-corrected chi connectivity index (χ3v) is 1.43. The van der Waals surface area contributed by atoms with Crippen molar-refractivity contribution < 1.29 is 4.39 Å². The molecule has 0 saturated heterocycles. The number of hydrogen-bond donors (Lipinski definition) is 1. The maximum Gasteiger partial charge on any atom is 0.236 e. The zero-order chi connectivity index (χ0) is 9.14. The van der Waals surface area contributed by atoms with Crippen LogP contribution in [0.25, 0.3) is 0 Å². The molecule has 12 heavy (non-hydrogen) atoms. The lowest BCUT2D eigenvalue weighted by Crippen LogP contribution is -2.11. The Morgan fingerprint density at radius 3 is 2.58 bits per heavy atom. The molecule has 0 aliphatic rings. The normalized spacial score (nSPS) is 10.4. The summed E-state index contributed by atoms with van der Waals surface area (Å²) in [6.45, 7) is 5.68. The van der Waals surface area contributed by atoms with E-state index in [2.05, 4.69) is 10.3 Å². The average Bonchev–Trinajstić information content (AvgIpc) is 1.94. The van der Waals surface area contributed by atoms with Crippen molar-refractivity contribution in [3.63, 3.8) is 0 Å². The molecule has 0 radical (unpaired) electrons. The lowest BCUT2D eigenvalue weighted by molar-refractivity contribution is 0.581. The van der Waals surface area contributed by atoms with Gasteiger partial charge >= 0.3 is 0 Å². The van der Waals surface area contributed by atoms with E-state index in [4.69, 9.17) is 0 Å². The van der Waals surface area contributed by atoms with E-state index in [0.29, 0.717) is 11.4 Å². The number of halogens is 1. The summed E-state index contributed by atoms with van der Waals surface area (Å²) in [5.74, 6) is -0.427. The summed E-state index contributed by atoms with van der Waals surface area (Å²) in [6.07, 6.45) is 0. The van der Waals surface area contributed by atoms with Crippen molar-refractivity contribution in [2.75, 3.05) is 5.32 Å². The molecule has 0 spiro atoms. The summed E-state index contributed by atoms with van der Waals surface area (Å²) in [7, 11) is 0. The van der Waals surface area contributed by atoms with Gasteiger partial charge in [-0.15, -0.1) is 0 Å². The summed E-state index contributed by atoms with van der Waals surface area (Å²) >= 11 is 0. The minimum atomic E-state index is -0.427. The van der Waals surface area contributed by atoms with Gasteiger partial charge in [0.2, 0.25) is 5.95 Å². The molecule has 0 unspecified atom stereocenters. The first kappa shape index (κ1) is 8.97. The summed E-state index contributed by atoms with van der Waals surface area (Å²) in [6, 6.07) is 3.72. The summed E-state index contributed by atoms with van der Waals surface area (Å²) < 4.78 is 13.0. The largest absolute Gasteiger partial charge is 0.379 e. The van der Waals surface area contributed by atoms with Crippen LogP contribution in [-0.2, 0) is 0 Å². The Kier molecular flexibility index (Phi) is 2.63. The van der Waals surface area contributed by atoms with E-state index in [1.807, 2.05) is 13.8 Å². The number of anilines is 1. The first-order valence-corrected chi connectivity index (χ1v) is 3.99. The molecule has 0 fully saturated rings. The Hall–Kier alpha value is -1.12. The maximum absolute atomic E-state index is 13.0. The van der Waals surface area contributed by atoms with Crippen LogP contribution in [0.3, 0.4) is 0 Å². The quantitative estimate of drug-likeness (QED) is 0.685. The third kappa shape index (κ3) is 2.19. The second-order valence-corrected chi connectivity index (χ2v) is 3.09. The molecular weight excluding hydrogens is 155 g/mol. The predicted octanol–water partition coefficient (Wildman–Crippen LogP) is 2.35. The van der Waals surface area contributed by atoms with Crippen molar-refractivity contribution in [1.29, 1.82) is 0 Å². The van der Waals surface area contributed by atoms with Crippen molar-refractivity contribution in [1.82, 2.24) is 4.98 Å². The van der Waals surface area contributed by atoms with Gasteiger partial charge in [-0.1, -0.05) is 0 Å². The number of aromatic nitrogens is 1. The third-order valence-electron chi connectivity index (χ3n) is 1.43. The minimum Gasteiger partial charge on any atom is -0.379 e. The van der Waals surface area contributed by atoms with Crippen LogP contribution in [-0.4, -0.2) is 11.0 Å². The Labute approximate surface area is 71.8 Å². The first-order chi connectivity index (χ1) is 5.59. The van der Waals surface area contributed by atoms with Gasteiger partial charge in [-0.25, -0.2) is 4.98 Å². The van der Waals surface area contributed by atoms with Crippen LogP contribution >= 0.6 is 0 Å². The lowest BCUT2D eigenvalue weighted by atomic mass is 10.3. The van der Waals surface area contributed by atoms with Crippen molar-refractivity contribution in [2.24, 2.45) is 0 Å². The number of aryl methyl sites for hydroxylation is 1. The van der Waals surface area contributed by atoms with Gasteiger partial charge in [-0.3, -0.25) is 0 Å². The molecule has 3 heteroatoms. The van der Waals surface area contributed by atoms with Gasteiger partial charge in [0, 0.05) is 11.7 Å². The van der Waals surface area contributed by atoms with Crippen LogP contribution in [0.15, 0.2) is 12.1 Å². The highest BCUT2D eigenvalue weighted by atomic mass is 19.1. The molecule has 1 aromatic heterocycles. The number of pyridine rings is 1. The van der Waals surface area contributed by atoms with Crippen LogP contribution in [0.5, 0.6) is 0 Å². The molecule has 1 rings (SSSR count). The van der Waals surface area contributed by atoms with Gasteiger partial charge in [0.1, 0.15) is 0 Å². The fraction of sp³-hybridized carbons (Fsp3) is 0.444. The number of nitrogens with zero attached hydrogens (tertiary/aromatic N) is 1. The molecule has 2 nitrogen and oxygen atoms in total. The highest BCUT2D eigenvalue weighted by Crippen LogP contribution is 2.12. The molecular formula is C9H13FN2. The number of nitrogens with one attached hydrogen (secondary N) is 1. The maximum atomic E-state index is 13.0. The molecule has 0 aliphatic heterocycles. The highest BCUT2D eigenvalue weighted by molar-refractivity contribution is 5.42. The van der Waals surface area contributed by atoms with E-state index in [-0.39, 0.29) is 6.04 Å². The first-order valence-electron chi connectivity index (χ1n) is 3.99. The summed E-state index contributed by atoms with van der Waals surface area (Å²) in [5.41, 5.74) is 1.16. The molecule has 0 amide bonds. The van der Waals surface area contributed by atoms with Gasteiger partial charge in [0.25, 0.3) is 0 Å². The SMILES string of the molecule is Cc1ccc(NC(C)C)c(F)n1. The van der Waals surface area contributed by atoms with E-state index in [9.17, 15) is 4.39 Å². The Balaban J connectivity index is 2.86. The highest BCUT2D eigenvalue weighted by Gasteiger charge is 2.03. The predicted molar refractivity (Wildman–Crippen MR) is 47.7 cm³/mol. The second-order valence-electron chi connectivity index (χ2n) is 3.09. The van der Waals surface area contributed by atoms with Crippen LogP contribution in [0.1, 0.15) is 19.5 Å². The second kappa shape index (κ2) is 3.52. The zero-order valence-corrected chi connectivity index (χ0v) is 7.56. The van der Waals surface area contributed by atoms with Gasteiger partial charge in [-0.05, 0) is 32.9 Å². The van der Waals surface area contributed by atoms with Crippen molar-refractivity contribution in [3.8, 4) is 0 Å². The Morgan fingerprint density at radius 1 is 1.42 bits per heavy atom. The van der Waals surface area contributed by atoms with Crippen molar-refractivity contribution in [3.05, 3.63) is 23.8 Å². The molecule has 0 bridgehead atoms. The van der Waals surface area contributed by atoms with E-state index < -0.39 is 5.95 Å². The Morgan fingerprint density at radius 2 is 2.08 bits per heavy atom. The average molecular weight is 168 g/mol. The van der Waals surface area contributed by atoms with Crippen LogP contribution in [0.4, 0.5) is 10.1 Å². The molecule has 66 valence electrons. The van der Waals surface area contributed by atoms with E-state index in [1.165, 1.54) is 0 Å². The molecule has 0 saturated carbocycles. The zero-order valence-electron chi connectivity index (χ0n) is 7.56. The fourth-order valence-electron chi connectivity index (χ4n) is 0.944. The van der Waals surface area contributed by atoms with E-state index >= 15 is 0 Å². The van der Waals surface area contributed by atoms with Crippen LogP contribution < -0.4 is 5.32 Å². The topological polar surface area (TPSA) is 24.9 Å².